The lowest BCUT2D eigenvalue weighted by atomic mass is 9.93. The van der Waals surface area contributed by atoms with Crippen LogP contribution in [0.5, 0.6) is 0 Å². The van der Waals surface area contributed by atoms with Gasteiger partial charge in [0.05, 0.1) is 20.3 Å². The van der Waals surface area contributed by atoms with Gasteiger partial charge in [0, 0.05) is 10.8 Å². The van der Waals surface area contributed by atoms with Gasteiger partial charge in [-0.1, -0.05) is 65.8 Å². The Balaban J connectivity index is 2.09. The Bertz CT molecular complexity index is 700. The van der Waals surface area contributed by atoms with E-state index in [4.69, 9.17) is 15.0 Å². The van der Waals surface area contributed by atoms with Gasteiger partial charge in [0.1, 0.15) is 6.04 Å². The minimum atomic E-state index is -0.925. The van der Waals surface area contributed by atoms with Crippen molar-refractivity contribution in [3.05, 3.63) is 82.2 Å². The summed E-state index contributed by atoms with van der Waals surface area (Å²) in [5.41, 5.74) is 10.9. The maximum absolute atomic E-state index is 12.0. The average Bonchev–Trinajstić information content (AvgIpc) is 2.66. The predicted octanol–water partition coefficient (Wildman–Crippen LogP) is 3.91. The van der Waals surface area contributed by atoms with Gasteiger partial charge in [-0.05, 0) is 23.1 Å². The standard InChI is InChI=1S/C19H21N3O3/c1-24-19(23)18(21-22-20)17(12-15-8-4-2-5-9-15)14-25-13-16-10-6-3-7-11-16/h2-11,17-18H,12-14H2,1H3/t17-,18+/m1/s1. The van der Waals surface area contributed by atoms with Gasteiger partial charge in [-0.25, -0.2) is 0 Å². The van der Waals surface area contributed by atoms with Crippen molar-refractivity contribution in [2.75, 3.05) is 13.7 Å². The molecule has 0 amide bonds. The van der Waals surface area contributed by atoms with E-state index >= 15 is 0 Å². The Kier molecular flexibility index (Phi) is 7.50. The van der Waals surface area contributed by atoms with Crippen LogP contribution in [0.15, 0.2) is 65.8 Å². The first kappa shape index (κ1) is 18.5. The fourth-order valence-corrected chi connectivity index (χ4v) is 2.59. The van der Waals surface area contributed by atoms with Crippen LogP contribution >= 0.6 is 0 Å². The maximum Gasteiger partial charge on any atom is 0.314 e. The van der Waals surface area contributed by atoms with Crippen LogP contribution in [0.25, 0.3) is 10.4 Å². The summed E-state index contributed by atoms with van der Waals surface area (Å²) in [6.07, 6.45) is 0.550. The third kappa shape index (κ3) is 5.95. The molecule has 0 heterocycles. The van der Waals surface area contributed by atoms with E-state index in [2.05, 4.69) is 10.0 Å². The van der Waals surface area contributed by atoms with Crippen LogP contribution in [0.3, 0.4) is 0 Å². The average molecular weight is 339 g/mol. The summed E-state index contributed by atoms with van der Waals surface area (Å²) in [4.78, 5) is 14.8. The van der Waals surface area contributed by atoms with Crippen LogP contribution in [-0.2, 0) is 27.3 Å². The molecule has 0 aromatic heterocycles. The van der Waals surface area contributed by atoms with E-state index in [0.29, 0.717) is 13.0 Å². The Morgan fingerprint density at radius 2 is 1.68 bits per heavy atom. The second-order valence-electron chi connectivity index (χ2n) is 5.62. The van der Waals surface area contributed by atoms with Gasteiger partial charge >= 0.3 is 5.97 Å². The van der Waals surface area contributed by atoms with Gasteiger partial charge in [-0.2, -0.15) is 0 Å². The quantitative estimate of drug-likeness (QED) is 0.300. The second-order valence-corrected chi connectivity index (χ2v) is 5.62. The number of esters is 1. The highest BCUT2D eigenvalue weighted by atomic mass is 16.5. The fraction of sp³-hybridized carbons (Fsp3) is 0.316. The van der Waals surface area contributed by atoms with Crippen molar-refractivity contribution in [2.45, 2.75) is 19.1 Å². The highest BCUT2D eigenvalue weighted by Gasteiger charge is 2.28. The highest BCUT2D eigenvalue weighted by Crippen LogP contribution is 2.18. The number of rotatable bonds is 9. The van der Waals surface area contributed by atoms with Crippen molar-refractivity contribution in [2.24, 2.45) is 11.0 Å². The zero-order chi connectivity index (χ0) is 17.9. The summed E-state index contributed by atoms with van der Waals surface area (Å²) in [6, 6.07) is 18.6. The van der Waals surface area contributed by atoms with Crippen LogP contribution in [0.2, 0.25) is 0 Å². The fourth-order valence-electron chi connectivity index (χ4n) is 2.59. The number of carbonyl (C=O) groups excluding carboxylic acids is 1. The van der Waals surface area contributed by atoms with Gasteiger partial charge in [0.25, 0.3) is 0 Å². The molecule has 2 atom stereocenters. The first-order valence-electron chi connectivity index (χ1n) is 8.02. The summed E-state index contributed by atoms with van der Waals surface area (Å²) in [5, 5.41) is 3.64. The van der Waals surface area contributed by atoms with Crippen LogP contribution in [0.4, 0.5) is 0 Å². The van der Waals surface area contributed by atoms with Crippen molar-refractivity contribution >= 4 is 5.97 Å². The van der Waals surface area contributed by atoms with E-state index < -0.39 is 12.0 Å². The van der Waals surface area contributed by atoms with Gasteiger partial charge in [-0.3, -0.25) is 4.79 Å². The van der Waals surface area contributed by atoms with Gasteiger partial charge in [0.15, 0.2) is 0 Å². The number of carbonyl (C=O) groups is 1. The molecule has 0 aliphatic heterocycles. The normalized spacial score (nSPS) is 12.7. The molecule has 0 bridgehead atoms. The highest BCUT2D eigenvalue weighted by molar-refractivity contribution is 5.76. The molecule has 0 saturated heterocycles. The largest absolute Gasteiger partial charge is 0.469 e. The predicted molar refractivity (Wildman–Crippen MR) is 94.7 cm³/mol. The molecule has 130 valence electrons. The second kappa shape index (κ2) is 10.1. The van der Waals surface area contributed by atoms with Crippen molar-refractivity contribution in [3.8, 4) is 0 Å². The third-order valence-electron chi connectivity index (χ3n) is 3.85. The van der Waals surface area contributed by atoms with E-state index in [1.54, 1.807) is 0 Å². The lowest BCUT2D eigenvalue weighted by Crippen LogP contribution is -2.33. The SMILES string of the molecule is COC(=O)[C@@H](N=[N+]=[N-])[C@@H](COCc1ccccc1)Cc1ccccc1. The number of hydrogen-bond donors (Lipinski definition) is 0. The molecule has 6 heteroatoms. The molecule has 0 fully saturated rings. The summed E-state index contributed by atoms with van der Waals surface area (Å²) in [5.74, 6) is -0.864. The Morgan fingerprint density at radius 3 is 2.24 bits per heavy atom. The lowest BCUT2D eigenvalue weighted by Gasteiger charge is -2.22. The Morgan fingerprint density at radius 1 is 1.08 bits per heavy atom. The molecule has 2 rings (SSSR count). The summed E-state index contributed by atoms with van der Waals surface area (Å²) in [7, 11) is 1.28. The Labute approximate surface area is 147 Å². The molecule has 25 heavy (non-hydrogen) atoms. The van der Waals surface area contributed by atoms with Crippen molar-refractivity contribution < 1.29 is 14.3 Å². The first-order chi connectivity index (χ1) is 12.2. The summed E-state index contributed by atoms with van der Waals surface area (Å²) < 4.78 is 10.6. The minimum Gasteiger partial charge on any atom is -0.469 e. The van der Waals surface area contributed by atoms with E-state index in [1.807, 2.05) is 60.7 Å². The smallest absolute Gasteiger partial charge is 0.314 e. The molecule has 6 nitrogen and oxygen atoms in total. The van der Waals surface area contributed by atoms with Crippen LogP contribution < -0.4 is 0 Å². The molecule has 2 aromatic carbocycles. The number of nitrogens with zero attached hydrogens (tertiary/aromatic N) is 3. The zero-order valence-corrected chi connectivity index (χ0v) is 14.1. The monoisotopic (exact) mass is 339 g/mol. The molecule has 0 aliphatic carbocycles. The van der Waals surface area contributed by atoms with E-state index in [-0.39, 0.29) is 12.5 Å². The topological polar surface area (TPSA) is 84.3 Å². The van der Waals surface area contributed by atoms with E-state index in [9.17, 15) is 4.79 Å². The van der Waals surface area contributed by atoms with Crippen molar-refractivity contribution in [3.63, 3.8) is 0 Å². The lowest BCUT2D eigenvalue weighted by molar-refractivity contribution is -0.144. The first-order valence-corrected chi connectivity index (χ1v) is 8.02. The number of benzene rings is 2. The summed E-state index contributed by atoms with van der Waals surface area (Å²) in [6.45, 7) is 0.707. The number of ether oxygens (including phenoxy) is 2. The Hall–Kier alpha value is -2.82. The van der Waals surface area contributed by atoms with Crippen LogP contribution in [-0.4, -0.2) is 25.7 Å². The molecule has 0 N–H and O–H groups in total. The van der Waals surface area contributed by atoms with E-state index in [0.717, 1.165) is 11.1 Å². The van der Waals surface area contributed by atoms with Crippen LogP contribution in [0, 0.1) is 5.92 Å². The maximum atomic E-state index is 12.0. The molecular weight excluding hydrogens is 318 g/mol. The molecule has 0 saturated carbocycles. The zero-order valence-electron chi connectivity index (χ0n) is 14.1. The van der Waals surface area contributed by atoms with E-state index in [1.165, 1.54) is 7.11 Å². The van der Waals surface area contributed by atoms with Crippen LogP contribution in [0.1, 0.15) is 11.1 Å². The third-order valence-corrected chi connectivity index (χ3v) is 3.85. The molecule has 0 spiro atoms. The molecule has 2 aromatic rings. The molecular formula is C19H21N3O3. The number of methoxy groups -OCH3 is 1. The number of hydrogen-bond acceptors (Lipinski definition) is 4. The number of azide groups is 1. The van der Waals surface area contributed by atoms with Crippen molar-refractivity contribution in [1.82, 2.24) is 0 Å². The van der Waals surface area contributed by atoms with Gasteiger partial charge < -0.3 is 9.47 Å². The summed E-state index contributed by atoms with van der Waals surface area (Å²) >= 11 is 0. The minimum absolute atomic E-state index is 0.280. The molecule has 0 unspecified atom stereocenters. The van der Waals surface area contributed by atoms with Gasteiger partial charge in [-0.15, -0.1) is 0 Å². The van der Waals surface area contributed by atoms with Gasteiger partial charge in [0.2, 0.25) is 0 Å². The van der Waals surface area contributed by atoms with Crippen molar-refractivity contribution in [1.29, 1.82) is 0 Å². The molecule has 0 aliphatic rings. The molecule has 0 radical (unpaired) electrons.